The van der Waals surface area contributed by atoms with Crippen LogP contribution in [0.15, 0.2) is 42.7 Å². The molecule has 132 valence electrons. The summed E-state index contributed by atoms with van der Waals surface area (Å²) >= 11 is 0. The molecule has 1 heterocycles. The molecule has 25 heavy (non-hydrogen) atoms. The average molecular weight is 341 g/mol. The lowest BCUT2D eigenvalue weighted by Crippen LogP contribution is -2.25. The van der Waals surface area contributed by atoms with E-state index >= 15 is 0 Å². The highest BCUT2D eigenvalue weighted by Crippen LogP contribution is 2.16. The largest absolute Gasteiger partial charge is 0.497 e. The maximum atomic E-state index is 12.3. The molecule has 2 N–H and O–H groups in total. The van der Waals surface area contributed by atoms with Crippen LogP contribution in [0.4, 0.5) is 5.69 Å². The number of benzene rings is 1. The van der Waals surface area contributed by atoms with Crippen LogP contribution in [-0.4, -0.2) is 30.5 Å². The number of amides is 2. The average Bonchev–Trinajstić information content (AvgIpc) is 2.65. The van der Waals surface area contributed by atoms with Gasteiger partial charge in [0.05, 0.1) is 18.2 Å². The first-order chi connectivity index (χ1) is 12.1. The van der Waals surface area contributed by atoms with Crippen molar-refractivity contribution in [1.82, 2.24) is 10.3 Å². The molecule has 0 aliphatic heterocycles. The van der Waals surface area contributed by atoms with E-state index in [0.717, 1.165) is 19.3 Å². The van der Waals surface area contributed by atoms with Gasteiger partial charge in [0.2, 0.25) is 0 Å². The number of carbonyl (C=O) groups is 2. The van der Waals surface area contributed by atoms with Crippen molar-refractivity contribution in [2.45, 2.75) is 26.2 Å². The van der Waals surface area contributed by atoms with E-state index in [0.29, 0.717) is 29.1 Å². The van der Waals surface area contributed by atoms with Gasteiger partial charge in [0.15, 0.2) is 0 Å². The van der Waals surface area contributed by atoms with Crippen LogP contribution >= 0.6 is 0 Å². The van der Waals surface area contributed by atoms with Crippen molar-refractivity contribution in [3.63, 3.8) is 0 Å². The van der Waals surface area contributed by atoms with E-state index in [1.165, 1.54) is 12.4 Å². The maximum Gasteiger partial charge on any atom is 0.257 e. The Morgan fingerprint density at radius 1 is 1.04 bits per heavy atom. The predicted octanol–water partition coefficient (Wildman–Crippen LogP) is 3.26. The van der Waals surface area contributed by atoms with E-state index < -0.39 is 0 Å². The van der Waals surface area contributed by atoms with Gasteiger partial charge in [0.25, 0.3) is 11.8 Å². The summed E-state index contributed by atoms with van der Waals surface area (Å²) in [5, 5.41) is 5.61. The van der Waals surface area contributed by atoms with E-state index in [9.17, 15) is 9.59 Å². The molecule has 6 heteroatoms. The number of rotatable bonds is 8. The van der Waals surface area contributed by atoms with Crippen LogP contribution in [0.25, 0.3) is 0 Å². The molecule has 0 saturated heterocycles. The molecule has 0 bridgehead atoms. The number of unbranched alkanes of at least 4 members (excludes halogenated alkanes) is 2. The van der Waals surface area contributed by atoms with Crippen molar-refractivity contribution in [2.24, 2.45) is 0 Å². The Labute approximate surface area is 147 Å². The Hall–Kier alpha value is -2.89. The van der Waals surface area contributed by atoms with Crippen molar-refractivity contribution in [3.05, 3.63) is 53.9 Å². The second-order valence-electron chi connectivity index (χ2n) is 5.61. The highest BCUT2D eigenvalue weighted by Gasteiger charge is 2.11. The first kappa shape index (κ1) is 18.4. The highest BCUT2D eigenvalue weighted by atomic mass is 16.5. The van der Waals surface area contributed by atoms with E-state index in [1.807, 2.05) is 0 Å². The number of hydrogen-bond acceptors (Lipinski definition) is 4. The molecule has 1 aromatic carbocycles. The van der Waals surface area contributed by atoms with Gasteiger partial charge in [-0.15, -0.1) is 0 Å². The molecule has 2 amide bonds. The van der Waals surface area contributed by atoms with Crippen LogP contribution in [0.3, 0.4) is 0 Å². The van der Waals surface area contributed by atoms with E-state index in [-0.39, 0.29) is 11.8 Å². The van der Waals surface area contributed by atoms with Gasteiger partial charge in [-0.05, 0) is 36.8 Å². The molecule has 0 radical (unpaired) electrons. The van der Waals surface area contributed by atoms with Crippen LogP contribution in [0, 0.1) is 0 Å². The zero-order valence-electron chi connectivity index (χ0n) is 14.5. The quantitative estimate of drug-likeness (QED) is 0.722. The van der Waals surface area contributed by atoms with Crippen molar-refractivity contribution in [3.8, 4) is 5.75 Å². The van der Waals surface area contributed by atoms with E-state index in [1.54, 1.807) is 37.4 Å². The monoisotopic (exact) mass is 341 g/mol. The summed E-state index contributed by atoms with van der Waals surface area (Å²) in [6.07, 6.45) is 6.00. The van der Waals surface area contributed by atoms with Crippen molar-refractivity contribution < 1.29 is 14.3 Å². The van der Waals surface area contributed by atoms with Gasteiger partial charge >= 0.3 is 0 Å². The van der Waals surface area contributed by atoms with Gasteiger partial charge in [-0.25, -0.2) is 0 Å². The molecule has 0 aliphatic rings. The third-order valence-electron chi connectivity index (χ3n) is 3.68. The minimum atomic E-state index is -0.321. The number of ether oxygens (including phenoxy) is 1. The molecular formula is C19H23N3O3. The molecule has 1 aromatic heterocycles. The standard InChI is InChI=1S/C19H23N3O3/c1-3-4-5-10-21-18(23)14-11-15(13-20-12-14)19(24)22-16-6-8-17(25-2)9-7-16/h6-9,11-13H,3-5,10H2,1-2H3,(H,21,23)(H,22,24). The van der Waals surface area contributed by atoms with Gasteiger partial charge < -0.3 is 15.4 Å². The smallest absolute Gasteiger partial charge is 0.257 e. The normalized spacial score (nSPS) is 10.2. The number of anilines is 1. The van der Waals surface area contributed by atoms with Gasteiger partial charge in [0, 0.05) is 24.6 Å². The van der Waals surface area contributed by atoms with Crippen LogP contribution < -0.4 is 15.4 Å². The lowest BCUT2D eigenvalue weighted by atomic mass is 10.1. The third kappa shape index (κ3) is 5.60. The van der Waals surface area contributed by atoms with Crippen molar-refractivity contribution >= 4 is 17.5 Å². The maximum absolute atomic E-state index is 12.3. The molecule has 6 nitrogen and oxygen atoms in total. The van der Waals surface area contributed by atoms with E-state index in [4.69, 9.17) is 4.74 Å². The van der Waals surface area contributed by atoms with Crippen molar-refractivity contribution in [1.29, 1.82) is 0 Å². The summed E-state index contributed by atoms with van der Waals surface area (Å²) in [7, 11) is 1.58. The van der Waals surface area contributed by atoms with Gasteiger partial charge in [0.1, 0.15) is 5.75 Å². The number of hydrogen-bond donors (Lipinski definition) is 2. The fourth-order valence-corrected chi connectivity index (χ4v) is 2.24. The van der Waals surface area contributed by atoms with Gasteiger partial charge in [-0.1, -0.05) is 19.8 Å². The van der Waals surface area contributed by atoms with Gasteiger partial charge in [-0.2, -0.15) is 0 Å². The highest BCUT2D eigenvalue weighted by molar-refractivity contribution is 6.05. The number of methoxy groups -OCH3 is 1. The number of nitrogens with zero attached hydrogens (tertiary/aromatic N) is 1. The summed E-state index contributed by atoms with van der Waals surface area (Å²) in [5.41, 5.74) is 1.34. The molecular weight excluding hydrogens is 318 g/mol. The molecule has 2 aromatic rings. The minimum Gasteiger partial charge on any atom is -0.497 e. The zero-order chi connectivity index (χ0) is 18.1. The number of carbonyl (C=O) groups excluding carboxylic acids is 2. The Morgan fingerprint density at radius 2 is 1.72 bits per heavy atom. The zero-order valence-corrected chi connectivity index (χ0v) is 14.5. The molecule has 2 rings (SSSR count). The second kappa shape index (κ2) is 9.42. The fourth-order valence-electron chi connectivity index (χ4n) is 2.24. The number of aromatic nitrogens is 1. The Kier molecular flexibility index (Phi) is 6.95. The minimum absolute atomic E-state index is 0.220. The number of pyridine rings is 1. The third-order valence-corrected chi connectivity index (χ3v) is 3.68. The topological polar surface area (TPSA) is 80.3 Å². The Balaban J connectivity index is 1.99. The van der Waals surface area contributed by atoms with Gasteiger partial charge in [-0.3, -0.25) is 14.6 Å². The number of nitrogens with one attached hydrogen (secondary N) is 2. The molecule has 0 saturated carbocycles. The molecule has 0 fully saturated rings. The van der Waals surface area contributed by atoms with Crippen LogP contribution in [0.5, 0.6) is 5.75 Å². The second-order valence-corrected chi connectivity index (χ2v) is 5.61. The predicted molar refractivity (Wildman–Crippen MR) is 97.0 cm³/mol. The lowest BCUT2D eigenvalue weighted by Gasteiger charge is -2.08. The Bertz CT molecular complexity index is 714. The lowest BCUT2D eigenvalue weighted by molar-refractivity contribution is 0.0952. The van der Waals surface area contributed by atoms with Crippen LogP contribution in [0.2, 0.25) is 0 Å². The summed E-state index contributed by atoms with van der Waals surface area (Å²) in [6, 6.07) is 8.55. The van der Waals surface area contributed by atoms with Crippen LogP contribution in [0.1, 0.15) is 46.9 Å². The SMILES string of the molecule is CCCCCNC(=O)c1cncc(C(=O)Nc2ccc(OC)cc2)c1. The summed E-state index contributed by atoms with van der Waals surface area (Å²) in [5.74, 6) is 0.169. The molecule has 0 aliphatic carbocycles. The summed E-state index contributed by atoms with van der Waals surface area (Å²) in [4.78, 5) is 28.4. The molecule has 0 atom stereocenters. The first-order valence-electron chi connectivity index (χ1n) is 8.32. The summed E-state index contributed by atoms with van der Waals surface area (Å²) in [6.45, 7) is 2.73. The van der Waals surface area contributed by atoms with E-state index in [2.05, 4.69) is 22.5 Å². The summed E-state index contributed by atoms with van der Waals surface area (Å²) < 4.78 is 5.08. The fraction of sp³-hybridized carbons (Fsp3) is 0.316. The first-order valence-corrected chi connectivity index (χ1v) is 8.32. The molecule has 0 spiro atoms. The van der Waals surface area contributed by atoms with Crippen molar-refractivity contribution in [2.75, 3.05) is 19.0 Å². The Morgan fingerprint density at radius 3 is 2.36 bits per heavy atom. The van der Waals surface area contributed by atoms with Crippen LogP contribution in [-0.2, 0) is 0 Å². The molecule has 0 unspecified atom stereocenters.